The van der Waals surface area contributed by atoms with Crippen LogP contribution in [-0.2, 0) is 4.74 Å². The monoisotopic (exact) mass is 404 g/mol. The topological polar surface area (TPSA) is 95.8 Å². The summed E-state index contributed by atoms with van der Waals surface area (Å²) < 4.78 is 10.3. The Labute approximate surface area is 169 Å². The van der Waals surface area contributed by atoms with Gasteiger partial charge in [0.25, 0.3) is 0 Å². The molecule has 3 N–H and O–H groups in total. The lowest BCUT2D eigenvalue weighted by Crippen LogP contribution is -2.43. The van der Waals surface area contributed by atoms with Crippen molar-refractivity contribution in [2.24, 2.45) is 0 Å². The molecular weight excluding hydrogens is 380 g/mol. The number of thiocarbonyl (C=S) groups is 1. The lowest BCUT2D eigenvalue weighted by molar-refractivity contribution is 0.0466. The zero-order chi connectivity index (χ0) is 20.4. The van der Waals surface area contributed by atoms with E-state index in [9.17, 15) is 9.59 Å². The van der Waals surface area contributed by atoms with Gasteiger partial charge in [-0.1, -0.05) is 13.8 Å². The second kappa shape index (κ2) is 11.1. The lowest BCUT2D eigenvalue weighted by atomic mass is 10.2. The molecule has 0 saturated carbocycles. The second-order valence-corrected chi connectivity index (χ2v) is 6.16. The molecule has 1 amide bonds. The number of hydrazine groups is 1. The van der Waals surface area contributed by atoms with E-state index < -0.39 is 5.91 Å². The number of nitrogens with one attached hydrogen (secondary N) is 3. The average Bonchev–Trinajstić information content (AvgIpc) is 3.25. The molecule has 2 aromatic rings. The van der Waals surface area contributed by atoms with Gasteiger partial charge in [-0.25, -0.2) is 4.79 Å². The van der Waals surface area contributed by atoms with Crippen molar-refractivity contribution in [2.75, 3.05) is 31.6 Å². The molecule has 0 aliphatic carbocycles. The fraction of sp³-hybridized carbons (Fsp3) is 0.316. The molecule has 0 radical (unpaired) electrons. The van der Waals surface area contributed by atoms with Crippen LogP contribution in [-0.4, -0.2) is 48.1 Å². The van der Waals surface area contributed by atoms with Crippen molar-refractivity contribution in [3.05, 3.63) is 54.0 Å². The number of benzene rings is 1. The Morgan fingerprint density at radius 1 is 1.11 bits per heavy atom. The number of ether oxygens (including phenoxy) is 1. The van der Waals surface area contributed by atoms with Crippen molar-refractivity contribution in [3.63, 3.8) is 0 Å². The van der Waals surface area contributed by atoms with E-state index in [0.717, 1.165) is 13.1 Å². The summed E-state index contributed by atoms with van der Waals surface area (Å²) >= 11 is 5.11. The second-order valence-electron chi connectivity index (χ2n) is 5.75. The van der Waals surface area contributed by atoms with Gasteiger partial charge in [0, 0.05) is 12.2 Å². The number of likely N-dealkylation sites (N-methyl/N-ethyl adjacent to an activating group) is 1. The summed E-state index contributed by atoms with van der Waals surface area (Å²) in [5.41, 5.74) is 6.09. The Morgan fingerprint density at radius 2 is 1.82 bits per heavy atom. The fourth-order valence-corrected chi connectivity index (χ4v) is 2.49. The van der Waals surface area contributed by atoms with Crippen molar-refractivity contribution >= 4 is 34.9 Å². The molecule has 0 aliphatic rings. The molecular formula is C19H24N4O4S. The number of amides is 1. The Morgan fingerprint density at radius 3 is 2.43 bits per heavy atom. The number of hydrogen-bond donors (Lipinski definition) is 3. The average molecular weight is 404 g/mol. The summed E-state index contributed by atoms with van der Waals surface area (Å²) in [5.74, 6) is -0.652. The molecule has 0 atom stereocenters. The number of esters is 1. The van der Waals surface area contributed by atoms with Crippen LogP contribution < -0.4 is 16.2 Å². The highest BCUT2D eigenvalue weighted by molar-refractivity contribution is 7.80. The summed E-state index contributed by atoms with van der Waals surface area (Å²) in [6.45, 7) is 7.04. The summed E-state index contributed by atoms with van der Waals surface area (Å²) in [5, 5.41) is 3.09. The quantitative estimate of drug-likeness (QED) is 0.351. The molecule has 0 spiro atoms. The molecule has 0 fully saturated rings. The summed E-state index contributed by atoms with van der Waals surface area (Å²) in [7, 11) is 0. The van der Waals surface area contributed by atoms with Crippen LogP contribution in [0.2, 0.25) is 0 Å². The van der Waals surface area contributed by atoms with Crippen molar-refractivity contribution in [1.82, 2.24) is 15.8 Å². The van der Waals surface area contributed by atoms with E-state index in [4.69, 9.17) is 21.4 Å². The van der Waals surface area contributed by atoms with Crippen LogP contribution in [0.4, 0.5) is 5.69 Å². The smallest absolute Gasteiger partial charge is 0.338 e. The molecule has 8 nitrogen and oxygen atoms in total. The van der Waals surface area contributed by atoms with Crippen LogP contribution in [0.15, 0.2) is 47.1 Å². The van der Waals surface area contributed by atoms with E-state index in [0.29, 0.717) is 24.4 Å². The van der Waals surface area contributed by atoms with Crippen LogP contribution >= 0.6 is 12.2 Å². The SMILES string of the molecule is CCN(CC)CCOC(=O)c1ccc(NC(=S)NNC(=O)c2ccco2)cc1. The number of carbonyl (C=O) groups excluding carboxylic acids is 2. The molecule has 0 unspecified atom stereocenters. The Hall–Kier alpha value is -2.91. The number of hydrogen-bond acceptors (Lipinski definition) is 6. The largest absolute Gasteiger partial charge is 0.461 e. The van der Waals surface area contributed by atoms with E-state index in [1.54, 1.807) is 30.3 Å². The third-order valence-electron chi connectivity index (χ3n) is 3.95. The minimum Gasteiger partial charge on any atom is -0.461 e. The predicted octanol–water partition coefficient (Wildman–Crippen LogP) is 2.41. The number of nitrogens with zero attached hydrogens (tertiary/aromatic N) is 1. The normalized spacial score (nSPS) is 10.4. The number of furan rings is 1. The van der Waals surface area contributed by atoms with Gasteiger partial charge in [0.2, 0.25) is 0 Å². The third-order valence-corrected chi connectivity index (χ3v) is 4.15. The highest BCUT2D eigenvalue weighted by Gasteiger charge is 2.10. The first-order chi connectivity index (χ1) is 13.5. The Balaban J connectivity index is 1.76. The zero-order valence-electron chi connectivity index (χ0n) is 15.9. The van der Waals surface area contributed by atoms with Crippen molar-refractivity contribution in [2.45, 2.75) is 13.8 Å². The standard InChI is InChI=1S/C19H24N4O4S/c1-3-23(4-2)11-13-27-18(25)14-7-9-15(10-8-14)20-19(28)22-21-17(24)16-6-5-12-26-16/h5-10,12H,3-4,11,13H2,1-2H3,(H,21,24)(H2,20,22,28). The molecule has 2 rings (SSSR count). The Bertz CT molecular complexity index is 774. The van der Waals surface area contributed by atoms with Gasteiger partial charge in [0.05, 0.1) is 11.8 Å². The van der Waals surface area contributed by atoms with Crippen LogP contribution in [0.3, 0.4) is 0 Å². The number of rotatable bonds is 8. The van der Waals surface area contributed by atoms with Gasteiger partial charge in [-0.3, -0.25) is 15.6 Å². The van der Waals surface area contributed by atoms with E-state index in [2.05, 4.69) is 34.9 Å². The fourth-order valence-electron chi connectivity index (χ4n) is 2.33. The molecule has 1 aromatic carbocycles. The molecule has 1 aromatic heterocycles. The van der Waals surface area contributed by atoms with Crippen LogP contribution in [0, 0.1) is 0 Å². The maximum Gasteiger partial charge on any atom is 0.338 e. The van der Waals surface area contributed by atoms with Gasteiger partial charge in [-0.05, 0) is 61.7 Å². The van der Waals surface area contributed by atoms with Crippen LogP contribution in [0.1, 0.15) is 34.8 Å². The number of anilines is 1. The molecule has 0 bridgehead atoms. The van der Waals surface area contributed by atoms with Crippen LogP contribution in [0.25, 0.3) is 0 Å². The van der Waals surface area contributed by atoms with E-state index >= 15 is 0 Å². The Kier molecular flexibility index (Phi) is 8.44. The minimum atomic E-state index is -0.447. The summed E-state index contributed by atoms with van der Waals surface area (Å²) in [4.78, 5) is 26.0. The van der Waals surface area contributed by atoms with Crippen molar-refractivity contribution in [1.29, 1.82) is 0 Å². The maximum absolute atomic E-state index is 12.1. The van der Waals surface area contributed by atoms with E-state index in [1.165, 1.54) is 12.3 Å². The maximum atomic E-state index is 12.1. The van der Waals surface area contributed by atoms with Crippen LogP contribution in [0.5, 0.6) is 0 Å². The highest BCUT2D eigenvalue weighted by Crippen LogP contribution is 2.10. The molecule has 0 aliphatic heterocycles. The molecule has 1 heterocycles. The van der Waals surface area contributed by atoms with Gasteiger partial charge in [0.1, 0.15) is 6.61 Å². The van der Waals surface area contributed by atoms with Crippen molar-refractivity contribution in [3.8, 4) is 0 Å². The minimum absolute atomic E-state index is 0.166. The van der Waals surface area contributed by atoms with Gasteiger partial charge in [0.15, 0.2) is 10.9 Å². The first-order valence-electron chi connectivity index (χ1n) is 8.93. The molecule has 0 saturated heterocycles. The summed E-state index contributed by atoms with van der Waals surface area (Å²) in [6, 6.07) is 9.83. The predicted molar refractivity (Wildman–Crippen MR) is 110 cm³/mol. The summed E-state index contributed by atoms with van der Waals surface area (Å²) in [6.07, 6.45) is 1.40. The van der Waals surface area contributed by atoms with Crippen molar-refractivity contribution < 1.29 is 18.7 Å². The van der Waals surface area contributed by atoms with Gasteiger partial charge in [-0.15, -0.1) is 0 Å². The van der Waals surface area contributed by atoms with Gasteiger partial charge >= 0.3 is 11.9 Å². The molecule has 150 valence electrons. The zero-order valence-corrected chi connectivity index (χ0v) is 16.7. The van der Waals surface area contributed by atoms with Gasteiger partial charge in [-0.2, -0.15) is 0 Å². The molecule has 9 heteroatoms. The third kappa shape index (κ3) is 6.67. The molecule has 28 heavy (non-hydrogen) atoms. The number of carbonyl (C=O) groups is 2. The van der Waals surface area contributed by atoms with E-state index in [1.807, 2.05) is 0 Å². The van der Waals surface area contributed by atoms with E-state index in [-0.39, 0.29) is 16.8 Å². The first-order valence-corrected chi connectivity index (χ1v) is 9.34. The highest BCUT2D eigenvalue weighted by atomic mass is 32.1. The first kappa shape index (κ1) is 21.4. The van der Waals surface area contributed by atoms with Gasteiger partial charge < -0.3 is 19.4 Å². The lowest BCUT2D eigenvalue weighted by Gasteiger charge is -2.17.